The third-order valence-electron chi connectivity index (χ3n) is 6.91. The van der Waals surface area contributed by atoms with Gasteiger partial charge < -0.3 is 33.5 Å². The van der Waals surface area contributed by atoms with E-state index in [1.165, 1.54) is 21.3 Å². The van der Waals surface area contributed by atoms with Crippen LogP contribution in [-0.2, 0) is 4.79 Å². The molecule has 41 heavy (non-hydrogen) atoms. The van der Waals surface area contributed by atoms with E-state index in [1.54, 1.807) is 60.4 Å². The fourth-order valence-corrected chi connectivity index (χ4v) is 4.82. The molecule has 1 saturated heterocycles. The number of piperazine rings is 1. The van der Waals surface area contributed by atoms with Crippen molar-refractivity contribution in [2.45, 2.75) is 0 Å². The molecule has 0 radical (unpaired) electrons. The first-order chi connectivity index (χ1) is 19.8. The highest BCUT2D eigenvalue weighted by Crippen LogP contribution is 2.38. The van der Waals surface area contributed by atoms with Crippen LogP contribution in [0.1, 0.15) is 21.5 Å². The minimum atomic E-state index is -0.181. The lowest BCUT2D eigenvalue weighted by Gasteiger charge is -2.34. The lowest BCUT2D eigenvalue weighted by Crippen LogP contribution is -2.50. The van der Waals surface area contributed by atoms with E-state index < -0.39 is 0 Å². The summed E-state index contributed by atoms with van der Waals surface area (Å²) in [5, 5.41) is 0.597. The first kappa shape index (κ1) is 29.6. The maximum absolute atomic E-state index is 13.5. The molecule has 0 saturated carbocycles. The average Bonchev–Trinajstić information content (AvgIpc) is 3.02. The monoisotopic (exact) mass is 580 g/mol. The molecule has 0 bridgehead atoms. The molecular formula is C31H33ClN2O7. The van der Waals surface area contributed by atoms with Crippen LogP contribution in [0.25, 0.3) is 5.57 Å². The van der Waals surface area contributed by atoms with Crippen LogP contribution in [0.4, 0.5) is 0 Å². The van der Waals surface area contributed by atoms with Gasteiger partial charge in [-0.25, -0.2) is 0 Å². The molecule has 1 aliphatic rings. The van der Waals surface area contributed by atoms with Crippen LogP contribution in [0.5, 0.6) is 28.7 Å². The zero-order valence-electron chi connectivity index (χ0n) is 23.7. The minimum Gasteiger partial charge on any atom is -0.493 e. The number of amides is 2. The molecule has 0 N–H and O–H groups in total. The summed E-state index contributed by atoms with van der Waals surface area (Å²) in [4.78, 5) is 30.3. The van der Waals surface area contributed by atoms with Crippen molar-refractivity contribution in [2.24, 2.45) is 0 Å². The van der Waals surface area contributed by atoms with Crippen molar-refractivity contribution in [1.82, 2.24) is 9.80 Å². The highest BCUT2D eigenvalue weighted by atomic mass is 35.5. The fourth-order valence-electron chi connectivity index (χ4n) is 4.70. The standard InChI is InChI=1S/C31H33ClN2O7/c1-37-25-11-8-21(16-26(25)38-2)24(20-6-9-23(32)10-7-20)19-29(35)33-12-14-34(15-13-33)31(36)22-17-27(39-3)30(41-5)28(18-22)40-4/h6-11,16-19H,12-15H2,1-5H3/b24-19-. The van der Waals surface area contributed by atoms with Gasteiger partial charge >= 0.3 is 0 Å². The van der Waals surface area contributed by atoms with Crippen LogP contribution in [0.2, 0.25) is 5.02 Å². The van der Waals surface area contributed by atoms with Crippen LogP contribution in [0.15, 0.2) is 60.7 Å². The van der Waals surface area contributed by atoms with E-state index in [0.29, 0.717) is 71.1 Å². The van der Waals surface area contributed by atoms with E-state index in [-0.39, 0.29) is 11.8 Å². The number of nitrogens with zero attached hydrogens (tertiary/aromatic N) is 2. The van der Waals surface area contributed by atoms with Crippen molar-refractivity contribution in [3.63, 3.8) is 0 Å². The maximum atomic E-state index is 13.5. The molecular weight excluding hydrogens is 548 g/mol. The molecule has 0 aromatic heterocycles. The van der Waals surface area contributed by atoms with Gasteiger partial charge in [-0.1, -0.05) is 29.8 Å². The molecule has 2 amide bonds. The van der Waals surface area contributed by atoms with Gasteiger partial charge in [-0.3, -0.25) is 9.59 Å². The molecule has 10 heteroatoms. The Labute approximate surface area is 244 Å². The van der Waals surface area contributed by atoms with Gasteiger partial charge in [-0.2, -0.15) is 0 Å². The van der Waals surface area contributed by atoms with E-state index in [0.717, 1.165) is 11.1 Å². The Hall–Kier alpha value is -4.37. The summed E-state index contributed by atoms with van der Waals surface area (Å²) in [7, 11) is 7.66. The van der Waals surface area contributed by atoms with Gasteiger partial charge in [0, 0.05) is 42.8 Å². The molecule has 4 rings (SSSR count). The molecule has 0 spiro atoms. The van der Waals surface area contributed by atoms with E-state index in [2.05, 4.69) is 0 Å². The fraction of sp³-hybridized carbons (Fsp3) is 0.290. The number of ether oxygens (including phenoxy) is 5. The summed E-state index contributed by atoms with van der Waals surface area (Å²) in [6.45, 7) is 1.51. The third kappa shape index (κ3) is 6.52. The zero-order chi connectivity index (χ0) is 29.5. The van der Waals surface area contributed by atoms with Crippen molar-refractivity contribution in [3.05, 3.63) is 82.4 Å². The molecule has 216 valence electrons. The smallest absolute Gasteiger partial charge is 0.254 e. The highest BCUT2D eigenvalue weighted by molar-refractivity contribution is 6.30. The number of benzene rings is 3. The van der Waals surface area contributed by atoms with Crippen molar-refractivity contribution in [2.75, 3.05) is 61.7 Å². The topological polar surface area (TPSA) is 86.8 Å². The second-order valence-corrected chi connectivity index (χ2v) is 9.60. The molecule has 0 aliphatic carbocycles. The molecule has 3 aromatic rings. The highest BCUT2D eigenvalue weighted by Gasteiger charge is 2.26. The Kier molecular flexibility index (Phi) is 9.62. The van der Waals surface area contributed by atoms with Gasteiger partial charge in [0.15, 0.2) is 23.0 Å². The first-order valence-electron chi connectivity index (χ1n) is 12.9. The van der Waals surface area contributed by atoms with Gasteiger partial charge in [0.2, 0.25) is 11.7 Å². The molecule has 9 nitrogen and oxygen atoms in total. The molecule has 3 aromatic carbocycles. The lowest BCUT2D eigenvalue weighted by molar-refractivity contribution is -0.127. The number of hydrogen-bond donors (Lipinski definition) is 0. The first-order valence-corrected chi connectivity index (χ1v) is 13.3. The van der Waals surface area contributed by atoms with Crippen LogP contribution in [0.3, 0.4) is 0 Å². The Morgan fingerprint density at radius 1 is 0.634 bits per heavy atom. The average molecular weight is 581 g/mol. The van der Waals surface area contributed by atoms with E-state index in [9.17, 15) is 9.59 Å². The van der Waals surface area contributed by atoms with Crippen molar-refractivity contribution in [1.29, 1.82) is 0 Å². The maximum Gasteiger partial charge on any atom is 0.254 e. The van der Waals surface area contributed by atoms with Crippen molar-refractivity contribution in [3.8, 4) is 28.7 Å². The van der Waals surface area contributed by atoms with Gasteiger partial charge in [0.1, 0.15) is 0 Å². The predicted molar refractivity (Wildman–Crippen MR) is 157 cm³/mol. The van der Waals surface area contributed by atoms with Gasteiger partial charge in [0.05, 0.1) is 35.5 Å². The minimum absolute atomic E-state index is 0.162. The van der Waals surface area contributed by atoms with Crippen LogP contribution in [0, 0.1) is 0 Å². The Balaban J connectivity index is 1.55. The number of methoxy groups -OCH3 is 5. The second kappa shape index (κ2) is 13.3. The van der Waals surface area contributed by atoms with Crippen LogP contribution < -0.4 is 23.7 Å². The van der Waals surface area contributed by atoms with E-state index in [1.807, 2.05) is 24.3 Å². The van der Waals surface area contributed by atoms with Gasteiger partial charge in [-0.15, -0.1) is 0 Å². The Morgan fingerprint density at radius 2 is 1.15 bits per heavy atom. The largest absolute Gasteiger partial charge is 0.493 e. The van der Waals surface area contributed by atoms with Gasteiger partial charge in [0.25, 0.3) is 5.91 Å². The molecule has 1 aliphatic heterocycles. The molecule has 0 unspecified atom stereocenters. The zero-order valence-corrected chi connectivity index (χ0v) is 24.5. The quantitative estimate of drug-likeness (QED) is 0.336. The van der Waals surface area contributed by atoms with Crippen LogP contribution >= 0.6 is 11.6 Å². The number of hydrogen-bond acceptors (Lipinski definition) is 7. The van der Waals surface area contributed by atoms with Crippen LogP contribution in [-0.4, -0.2) is 83.3 Å². The summed E-state index contributed by atoms with van der Waals surface area (Å²) >= 11 is 6.13. The van der Waals surface area contributed by atoms with Gasteiger partial charge in [-0.05, 0) is 53.1 Å². The summed E-state index contributed by atoms with van der Waals surface area (Å²) in [5.41, 5.74) is 2.74. The summed E-state index contributed by atoms with van der Waals surface area (Å²) in [6, 6.07) is 16.1. The lowest BCUT2D eigenvalue weighted by atomic mass is 9.96. The molecule has 1 fully saturated rings. The summed E-state index contributed by atoms with van der Waals surface area (Å²) in [5.74, 6) is 2.02. The summed E-state index contributed by atoms with van der Waals surface area (Å²) in [6.07, 6.45) is 1.61. The second-order valence-electron chi connectivity index (χ2n) is 9.17. The predicted octanol–water partition coefficient (Wildman–Crippen LogP) is 4.80. The van der Waals surface area contributed by atoms with Crippen molar-refractivity contribution >= 4 is 29.0 Å². The summed E-state index contributed by atoms with van der Waals surface area (Å²) < 4.78 is 27.0. The van der Waals surface area contributed by atoms with E-state index in [4.69, 9.17) is 35.3 Å². The molecule has 1 heterocycles. The number of rotatable bonds is 9. The SMILES string of the molecule is COc1ccc(/C(=C\C(=O)N2CCN(C(=O)c3cc(OC)c(OC)c(OC)c3)CC2)c2ccc(Cl)cc2)cc1OC. The number of carbonyl (C=O) groups excluding carboxylic acids is 2. The van der Waals surface area contributed by atoms with E-state index >= 15 is 0 Å². The third-order valence-corrected chi connectivity index (χ3v) is 7.16. The normalized spacial score (nSPS) is 13.5. The number of carbonyl (C=O) groups is 2. The Bertz CT molecular complexity index is 1410. The molecule has 0 atom stereocenters. The van der Waals surface area contributed by atoms with Crippen molar-refractivity contribution < 1.29 is 33.3 Å². The number of halogens is 1. The Morgan fingerprint density at radius 3 is 1.68 bits per heavy atom.